The van der Waals surface area contributed by atoms with Crippen molar-refractivity contribution in [3.05, 3.63) is 23.8 Å². The van der Waals surface area contributed by atoms with Gasteiger partial charge in [-0.2, -0.15) is 0 Å². The fraction of sp³-hybridized carbons (Fsp3) is 0.333. The molecule has 0 aliphatic carbocycles. The van der Waals surface area contributed by atoms with Gasteiger partial charge in [0, 0.05) is 11.6 Å². The molecule has 4 nitrogen and oxygen atoms in total. The van der Waals surface area contributed by atoms with E-state index in [0.717, 1.165) is 0 Å². The fourth-order valence-corrected chi connectivity index (χ4v) is 0.568. The van der Waals surface area contributed by atoms with Crippen molar-refractivity contribution >= 4 is 11.9 Å². The highest BCUT2D eigenvalue weighted by Crippen LogP contribution is 1.95. The molecule has 0 fully saturated rings. The lowest BCUT2D eigenvalue weighted by atomic mass is 10.3. The molecule has 0 bridgehead atoms. The number of carbonyl (C=O) groups is 2. The predicted molar refractivity (Wildman–Crippen MR) is 46.9 cm³/mol. The summed E-state index contributed by atoms with van der Waals surface area (Å²) in [5, 5.41) is 0. The first-order chi connectivity index (χ1) is 6.11. The van der Waals surface area contributed by atoms with Crippen LogP contribution >= 0.6 is 0 Å². The maximum absolute atomic E-state index is 10.8. The number of hydrogen-bond acceptors (Lipinski definition) is 4. The van der Waals surface area contributed by atoms with E-state index in [-0.39, 0.29) is 0 Å². The van der Waals surface area contributed by atoms with Gasteiger partial charge in [-0.05, 0) is 6.92 Å². The lowest BCUT2D eigenvalue weighted by molar-refractivity contribution is -0.136. The molecule has 0 amide bonds. The van der Waals surface area contributed by atoms with Crippen molar-refractivity contribution in [3.63, 3.8) is 0 Å². The maximum Gasteiger partial charge on any atom is 0.333 e. The van der Waals surface area contributed by atoms with E-state index in [0.29, 0.717) is 5.57 Å². The Morgan fingerprint density at radius 3 is 2.23 bits per heavy atom. The maximum atomic E-state index is 10.8. The van der Waals surface area contributed by atoms with Gasteiger partial charge in [-0.25, -0.2) is 9.59 Å². The highest BCUT2D eigenvalue weighted by molar-refractivity contribution is 5.88. The van der Waals surface area contributed by atoms with Crippen LogP contribution in [0.5, 0.6) is 0 Å². The minimum absolute atomic E-state index is 0.419. The smallest absolute Gasteiger partial charge is 0.333 e. The molecule has 0 rings (SSSR count). The van der Waals surface area contributed by atoms with Crippen LogP contribution in [0.3, 0.4) is 0 Å². The molecule has 0 saturated heterocycles. The fourth-order valence-electron chi connectivity index (χ4n) is 0.568. The average Bonchev–Trinajstić information content (AvgIpc) is 2.15. The van der Waals surface area contributed by atoms with Crippen molar-refractivity contribution in [1.82, 2.24) is 0 Å². The molecule has 0 aromatic carbocycles. The molecule has 0 radical (unpaired) electrons. The van der Waals surface area contributed by atoms with E-state index >= 15 is 0 Å². The summed E-state index contributed by atoms with van der Waals surface area (Å²) in [7, 11) is 2.58. The number of methoxy groups -OCH3 is 2. The molecule has 0 aliphatic rings. The molecule has 72 valence electrons. The first-order valence-electron chi connectivity index (χ1n) is 3.63. The summed E-state index contributed by atoms with van der Waals surface area (Å²) in [5.74, 6) is -0.886. The van der Waals surface area contributed by atoms with Gasteiger partial charge < -0.3 is 9.47 Å². The van der Waals surface area contributed by atoms with Crippen molar-refractivity contribution in [3.8, 4) is 0 Å². The molecule has 0 heterocycles. The Morgan fingerprint density at radius 1 is 1.15 bits per heavy atom. The van der Waals surface area contributed by atoms with Crippen LogP contribution in [-0.2, 0) is 19.1 Å². The number of hydrogen-bond donors (Lipinski definition) is 0. The van der Waals surface area contributed by atoms with E-state index in [9.17, 15) is 9.59 Å². The van der Waals surface area contributed by atoms with Crippen LogP contribution in [0.2, 0.25) is 0 Å². The summed E-state index contributed by atoms with van der Waals surface area (Å²) in [5.41, 5.74) is 0.419. The third kappa shape index (κ3) is 4.79. The Morgan fingerprint density at radius 2 is 1.77 bits per heavy atom. The predicted octanol–water partition coefficient (Wildman–Crippen LogP) is 0.835. The van der Waals surface area contributed by atoms with E-state index in [2.05, 4.69) is 9.47 Å². The Balaban J connectivity index is 4.18. The summed E-state index contributed by atoms with van der Waals surface area (Å²) in [6, 6.07) is 0. The third-order valence-electron chi connectivity index (χ3n) is 1.29. The first-order valence-corrected chi connectivity index (χ1v) is 3.63. The normalized spacial score (nSPS) is 11.5. The first kappa shape index (κ1) is 11.4. The molecular weight excluding hydrogens is 172 g/mol. The van der Waals surface area contributed by atoms with Crippen LogP contribution in [0.15, 0.2) is 23.8 Å². The quantitative estimate of drug-likeness (QED) is 0.370. The van der Waals surface area contributed by atoms with E-state index in [1.54, 1.807) is 6.92 Å². The Kier molecular flexibility index (Phi) is 5.27. The molecule has 13 heavy (non-hydrogen) atoms. The second-order valence-corrected chi connectivity index (χ2v) is 2.22. The Bertz CT molecular complexity index is 250. The lowest BCUT2D eigenvalue weighted by Crippen LogP contribution is -2.00. The van der Waals surface area contributed by atoms with Gasteiger partial charge >= 0.3 is 11.9 Å². The molecule has 0 aromatic heterocycles. The van der Waals surface area contributed by atoms with Crippen LogP contribution < -0.4 is 0 Å². The van der Waals surface area contributed by atoms with E-state index in [1.165, 1.54) is 32.4 Å². The molecule has 4 heteroatoms. The van der Waals surface area contributed by atoms with Crippen molar-refractivity contribution in [1.29, 1.82) is 0 Å². The second kappa shape index (κ2) is 5.99. The summed E-state index contributed by atoms with van der Waals surface area (Å²) >= 11 is 0. The Hall–Kier alpha value is -1.58. The van der Waals surface area contributed by atoms with Crippen molar-refractivity contribution in [2.75, 3.05) is 14.2 Å². The van der Waals surface area contributed by atoms with Crippen LogP contribution in [0.25, 0.3) is 0 Å². The van der Waals surface area contributed by atoms with E-state index in [1.807, 2.05) is 0 Å². The third-order valence-corrected chi connectivity index (χ3v) is 1.29. The lowest BCUT2D eigenvalue weighted by Gasteiger charge is -1.95. The van der Waals surface area contributed by atoms with Crippen LogP contribution in [0.1, 0.15) is 6.92 Å². The average molecular weight is 184 g/mol. The molecule has 0 spiro atoms. The van der Waals surface area contributed by atoms with Crippen LogP contribution in [0, 0.1) is 0 Å². The Labute approximate surface area is 76.8 Å². The van der Waals surface area contributed by atoms with Gasteiger partial charge in [-0.15, -0.1) is 0 Å². The zero-order valence-electron chi connectivity index (χ0n) is 7.87. The largest absolute Gasteiger partial charge is 0.466 e. The molecule has 0 aliphatic heterocycles. The van der Waals surface area contributed by atoms with Gasteiger partial charge in [0.15, 0.2) is 0 Å². The molecular formula is C9H12O4. The summed E-state index contributed by atoms with van der Waals surface area (Å²) in [4.78, 5) is 21.4. The monoisotopic (exact) mass is 184 g/mol. The van der Waals surface area contributed by atoms with Gasteiger partial charge in [-0.1, -0.05) is 12.2 Å². The summed E-state index contributed by atoms with van der Waals surface area (Å²) in [6.07, 6.45) is 4.12. The van der Waals surface area contributed by atoms with Crippen LogP contribution in [-0.4, -0.2) is 26.2 Å². The minimum atomic E-state index is -0.464. The van der Waals surface area contributed by atoms with Crippen molar-refractivity contribution in [2.24, 2.45) is 0 Å². The minimum Gasteiger partial charge on any atom is -0.466 e. The molecule has 0 N–H and O–H groups in total. The van der Waals surface area contributed by atoms with Crippen LogP contribution in [0.4, 0.5) is 0 Å². The number of esters is 2. The molecule has 0 saturated carbocycles. The molecule has 0 unspecified atom stereocenters. The summed E-state index contributed by atoms with van der Waals surface area (Å²) in [6.45, 7) is 1.59. The van der Waals surface area contributed by atoms with E-state index in [4.69, 9.17) is 0 Å². The second-order valence-electron chi connectivity index (χ2n) is 2.22. The van der Waals surface area contributed by atoms with Gasteiger partial charge in [0.1, 0.15) is 0 Å². The topological polar surface area (TPSA) is 52.6 Å². The number of allylic oxidation sites excluding steroid dienone is 2. The molecule has 0 aromatic rings. The highest BCUT2D eigenvalue weighted by atomic mass is 16.5. The number of rotatable bonds is 3. The highest BCUT2D eigenvalue weighted by Gasteiger charge is 1.99. The molecule has 0 atom stereocenters. The van der Waals surface area contributed by atoms with Gasteiger partial charge in [0.25, 0.3) is 0 Å². The standard InChI is InChI=1S/C9H12O4/c1-7(9(11)13-3)5-4-6-8(10)12-2/h4-6H,1-3H3/b6-4+,7-5+. The number of ether oxygens (including phenoxy) is 2. The zero-order chi connectivity index (χ0) is 10.3. The van der Waals surface area contributed by atoms with Gasteiger partial charge in [0.05, 0.1) is 14.2 Å². The van der Waals surface area contributed by atoms with Gasteiger partial charge in [-0.3, -0.25) is 0 Å². The zero-order valence-corrected chi connectivity index (χ0v) is 7.87. The van der Waals surface area contributed by atoms with Crippen molar-refractivity contribution < 1.29 is 19.1 Å². The van der Waals surface area contributed by atoms with E-state index < -0.39 is 11.9 Å². The number of carbonyl (C=O) groups excluding carboxylic acids is 2. The summed E-state index contributed by atoms with van der Waals surface area (Å²) < 4.78 is 8.79. The van der Waals surface area contributed by atoms with Gasteiger partial charge in [0.2, 0.25) is 0 Å². The van der Waals surface area contributed by atoms with Crippen molar-refractivity contribution in [2.45, 2.75) is 6.92 Å². The SMILES string of the molecule is COC(=O)/C=C/C=C(\C)C(=O)OC.